The van der Waals surface area contributed by atoms with E-state index in [4.69, 9.17) is 4.42 Å². The number of furan rings is 1. The maximum absolute atomic E-state index is 12.6. The summed E-state index contributed by atoms with van der Waals surface area (Å²) in [5.74, 6) is -0.807. The predicted molar refractivity (Wildman–Crippen MR) is 134 cm³/mol. The molecule has 36 heavy (non-hydrogen) atoms. The zero-order valence-corrected chi connectivity index (χ0v) is 20.3. The first-order valence-corrected chi connectivity index (χ1v) is 12.5. The lowest BCUT2D eigenvalue weighted by Crippen LogP contribution is -2.43. The van der Waals surface area contributed by atoms with Crippen molar-refractivity contribution in [3.63, 3.8) is 0 Å². The Morgan fingerprint density at radius 1 is 1.14 bits per heavy atom. The van der Waals surface area contributed by atoms with Crippen LogP contribution in [0.25, 0.3) is 6.08 Å². The summed E-state index contributed by atoms with van der Waals surface area (Å²) in [6.07, 6.45) is 7.94. The van der Waals surface area contributed by atoms with Crippen molar-refractivity contribution in [3.8, 4) is 0 Å². The number of nitrogens with one attached hydrogen (secondary N) is 2. The summed E-state index contributed by atoms with van der Waals surface area (Å²) < 4.78 is 5.20. The molecule has 5 rings (SSSR count). The van der Waals surface area contributed by atoms with Crippen molar-refractivity contribution in [2.45, 2.75) is 38.5 Å². The van der Waals surface area contributed by atoms with Crippen molar-refractivity contribution < 1.29 is 23.6 Å². The molecule has 9 nitrogen and oxygen atoms in total. The van der Waals surface area contributed by atoms with Crippen molar-refractivity contribution >= 4 is 41.1 Å². The highest BCUT2D eigenvalue weighted by atomic mass is 16.3. The van der Waals surface area contributed by atoms with Gasteiger partial charge >= 0.3 is 11.8 Å². The molecule has 1 fully saturated rings. The first kappa shape index (κ1) is 23.8. The number of carbonyl (C=O) groups is 4. The Labute approximate surface area is 209 Å². The fourth-order valence-corrected chi connectivity index (χ4v) is 5.28. The smallest absolute Gasteiger partial charge is 0.313 e. The molecular weight excluding hydrogens is 460 g/mol. The third kappa shape index (κ3) is 4.78. The van der Waals surface area contributed by atoms with Crippen LogP contribution in [-0.4, -0.2) is 54.7 Å². The highest BCUT2D eigenvalue weighted by Gasteiger charge is 2.38. The first-order chi connectivity index (χ1) is 17.4. The number of aryl methyl sites for hydroxylation is 1. The van der Waals surface area contributed by atoms with E-state index in [0.717, 1.165) is 49.0 Å². The number of nitrogens with zero attached hydrogens (tertiary/aromatic N) is 2. The molecule has 1 atom stereocenters. The average molecular weight is 491 g/mol. The summed E-state index contributed by atoms with van der Waals surface area (Å²) in [4.78, 5) is 53.5. The summed E-state index contributed by atoms with van der Waals surface area (Å²) in [6, 6.07) is 7.23. The second kappa shape index (κ2) is 10.0. The van der Waals surface area contributed by atoms with Crippen LogP contribution in [0.4, 0.5) is 11.4 Å². The van der Waals surface area contributed by atoms with Gasteiger partial charge in [0.1, 0.15) is 5.76 Å². The molecule has 2 aromatic rings. The molecule has 1 saturated heterocycles. The van der Waals surface area contributed by atoms with Gasteiger partial charge < -0.3 is 24.9 Å². The van der Waals surface area contributed by atoms with Gasteiger partial charge in [-0.25, -0.2) is 0 Å². The molecule has 1 aromatic carbocycles. The number of hydrogen-bond acceptors (Lipinski definition) is 5. The maximum Gasteiger partial charge on any atom is 0.313 e. The standard InChI is InChI=1S/C27H30N4O5/c1-17-22-15-20(14-19-4-2-10-31(24(19)22)27(17)35)29-26(34)25(33)28-16-18-8-11-30(12-9-18)23(32)7-6-21-5-3-13-36-21/h3,5-7,13-15,17-18H,2,4,8-12,16H2,1H3,(H,28,33)(H,29,34)/b7-6+/t17-/m1/s1. The Balaban J connectivity index is 1.10. The zero-order valence-electron chi connectivity index (χ0n) is 20.3. The Bertz CT molecular complexity index is 1210. The van der Waals surface area contributed by atoms with Gasteiger partial charge in [0.25, 0.3) is 0 Å². The minimum absolute atomic E-state index is 0.0687. The van der Waals surface area contributed by atoms with Crippen LogP contribution in [-0.2, 0) is 25.6 Å². The number of benzene rings is 1. The van der Waals surface area contributed by atoms with E-state index in [0.29, 0.717) is 31.1 Å². The topological polar surface area (TPSA) is 112 Å². The molecule has 1 aromatic heterocycles. The molecule has 2 N–H and O–H groups in total. The van der Waals surface area contributed by atoms with Crippen molar-refractivity contribution in [2.75, 3.05) is 36.4 Å². The van der Waals surface area contributed by atoms with E-state index in [-0.39, 0.29) is 23.7 Å². The molecule has 188 valence electrons. The first-order valence-electron chi connectivity index (χ1n) is 12.5. The normalized spacial score (nSPS) is 19.5. The van der Waals surface area contributed by atoms with Crippen molar-refractivity contribution in [2.24, 2.45) is 5.92 Å². The van der Waals surface area contributed by atoms with Gasteiger partial charge in [-0.3, -0.25) is 19.2 Å². The summed E-state index contributed by atoms with van der Waals surface area (Å²) in [6.45, 7) is 4.18. The molecule has 0 bridgehead atoms. The number of likely N-dealkylation sites (tertiary alicyclic amines) is 1. The van der Waals surface area contributed by atoms with Crippen molar-refractivity contribution in [3.05, 3.63) is 53.5 Å². The molecule has 0 aliphatic carbocycles. The lowest BCUT2D eigenvalue weighted by atomic mass is 9.96. The molecule has 0 saturated carbocycles. The molecule has 3 aliphatic heterocycles. The summed E-state index contributed by atoms with van der Waals surface area (Å²) in [7, 11) is 0. The van der Waals surface area contributed by atoms with Crippen LogP contribution in [0.1, 0.15) is 49.0 Å². The fraction of sp³-hybridized carbons (Fsp3) is 0.407. The zero-order chi connectivity index (χ0) is 25.2. The lowest BCUT2D eigenvalue weighted by Gasteiger charge is -2.31. The number of amides is 4. The van der Waals surface area contributed by atoms with E-state index in [2.05, 4.69) is 10.6 Å². The van der Waals surface area contributed by atoms with Gasteiger partial charge in [-0.15, -0.1) is 0 Å². The monoisotopic (exact) mass is 490 g/mol. The van der Waals surface area contributed by atoms with E-state index in [1.807, 2.05) is 24.0 Å². The molecule has 4 amide bonds. The number of carbonyl (C=O) groups excluding carboxylic acids is 4. The summed E-state index contributed by atoms with van der Waals surface area (Å²) in [5.41, 5.74) is 3.46. The fourth-order valence-electron chi connectivity index (χ4n) is 5.28. The van der Waals surface area contributed by atoms with Gasteiger partial charge in [0.05, 0.1) is 17.9 Å². The van der Waals surface area contributed by atoms with E-state index in [9.17, 15) is 19.2 Å². The SMILES string of the molecule is C[C@H]1C(=O)N2CCCc3cc(NC(=O)C(=O)NCC4CCN(C(=O)/C=C/c5ccco5)CC4)cc1c32. The van der Waals surface area contributed by atoms with Crippen molar-refractivity contribution in [1.29, 1.82) is 0 Å². The largest absolute Gasteiger partial charge is 0.465 e. The quantitative estimate of drug-likeness (QED) is 0.494. The van der Waals surface area contributed by atoms with Gasteiger partial charge in [-0.1, -0.05) is 0 Å². The van der Waals surface area contributed by atoms with Gasteiger partial charge in [0.2, 0.25) is 11.8 Å². The second-order valence-electron chi connectivity index (χ2n) is 9.67. The van der Waals surface area contributed by atoms with Gasteiger partial charge in [-0.2, -0.15) is 0 Å². The van der Waals surface area contributed by atoms with Gasteiger partial charge in [0, 0.05) is 37.9 Å². The average Bonchev–Trinajstić information content (AvgIpc) is 3.50. The van der Waals surface area contributed by atoms with E-state index >= 15 is 0 Å². The van der Waals surface area contributed by atoms with Crippen LogP contribution < -0.4 is 15.5 Å². The highest BCUT2D eigenvalue weighted by molar-refractivity contribution is 6.39. The third-order valence-electron chi connectivity index (χ3n) is 7.29. The summed E-state index contributed by atoms with van der Waals surface area (Å²) in [5, 5.41) is 5.44. The van der Waals surface area contributed by atoms with Crippen LogP contribution in [0.5, 0.6) is 0 Å². The maximum atomic E-state index is 12.6. The molecule has 9 heteroatoms. The molecule has 0 spiro atoms. The number of piperidine rings is 1. The summed E-state index contributed by atoms with van der Waals surface area (Å²) >= 11 is 0. The molecule has 0 unspecified atom stereocenters. The van der Waals surface area contributed by atoms with E-state index in [1.165, 1.54) is 6.08 Å². The number of rotatable bonds is 5. The van der Waals surface area contributed by atoms with Crippen LogP contribution in [0.15, 0.2) is 41.0 Å². The van der Waals surface area contributed by atoms with Crippen molar-refractivity contribution in [1.82, 2.24) is 10.2 Å². The third-order valence-corrected chi connectivity index (χ3v) is 7.29. The van der Waals surface area contributed by atoms with Crippen LogP contribution in [0.3, 0.4) is 0 Å². The van der Waals surface area contributed by atoms with Crippen LogP contribution in [0.2, 0.25) is 0 Å². The molecule has 0 radical (unpaired) electrons. The molecule has 3 aliphatic rings. The van der Waals surface area contributed by atoms with Crippen LogP contribution >= 0.6 is 0 Å². The van der Waals surface area contributed by atoms with Gasteiger partial charge in [0.15, 0.2) is 0 Å². The Hall–Kier alpha value is -3.88. The minimum Gasteiger partial charge on any atom is -0.465 e. The highest BCUT2D eigenvalue weighted by Crippen LogP contribution is 2.44. The Morgan fingerprint density at radius 3 is 2.69 bits per heavy atom. The molecular formula is C27H30N4O5. The second-order valence-corrected chi connectivity index (χ2v) is 9.67. The van der Waals surface area contributed by atoms with E-state index in [1.54, 1.807) is 29.4 Å². The Morgan fingerprint density at radius 2 is 1.94 bits per heavy atom. The number of hydrogen-bond donors (Lipinski definition) is 2. The van der Waals surface area contributed by atoms with Gasteiger partial charge in [-0.05, 0) is 80.0 Å². The van der Waals surface area contributed by atoms with E-state index < -0.39 is 11.8 Å². The number of anilines is 2. The predicted octanol–water partition coefficient (Wildman–Crippen LogP) is 2.68. The lowest BCUT2D eigenvalue weighted by molar-refractivity contribution is -0.136. The Kier molecular flexibility index (Phi) is 6.63. The van der Waals surface area contributed by atoms with Crippen LogP contribution in [0, 0.1) is 5.92 Å². The minimum atomic E-state index is -0.720. The molecule has 4 heterocycles.